The first-order valence-electron chi connectivity index (χ1n) is 3.01. The van der Waals surface area contributed by atoms with Gasteiger partial charge in [0.1, 0.15) is 0 Å². The molecule has 0 aliphatic carbocycles. The molecule has 2 unspecified atom stereocenters. The zero-order chi connectivity index (χ0) is 6.57. The molecule has 50 valence electrons. The predicted molar refractivity (Wildman–Crippen MR) is 39.3 cm³/mol. The predicted octanol–water partition coefficient (Wildman–Crippen LogP) is 1.32. The molecule has 0 aliphatic rings. The summed E-state index contributed by atoms with van der Waals surface area (Å²) >= 11 is 4.15. The summed E-state index contributed by atoms with van der Waals surface area (Å²) in [7, 11) is 0. The first-order chi connectivity index (χ1) is 3.72. The van der Waals surface area contributed by atoms with Crippen molar-refractivity contribution in [3.63, 3.8) is 0 Å². The average Bonchev–Trinajstić information content (AvgIpc) is 1.84. The van der Waals surface area contributed by atoms with Gasteiger partial charge in [-0.25, -0.2) is 0 Å². The Morgan fingerprint density at radius 3 is 2.25 bits per heavy atom. The molecule has 0 fully saturated rings. The summed E-state index contributed by atoms with van der Waals surface area (Å²) in [6, 6.07) is 0. The summed E-state index contributed by atoms with van der Waals surface area (Å²) in [4.78, 5) is 0. The Balaban J connectivity index is 3.29. The molecular formula is C6H14OS. The molecule has 0 spiro atoms. The topological polar surface area (TPSA) is 20.2 Å². The highest BCUT2D eigenvalue weighted by atomic mass is 32.1. The molecule has 8 heavy (non-hydrogen) atoms. The molecule has 0 aromatic rings. The largest absolute Gasteiger partial charge is 0.395 e. The maximum atomic E-state index is 8.56. The standard InChI is InChI=1S/C6H14OS/c1-3-5(2)6(8)4-7/h5-8H,3-4H2,1-2H3. The Morgan fingerprint density at radius 2 is 2.12 bits per heavy atom. The second kappa shape index (κ2) is 4.21. The molecule has 0 aromatic carbocycles. The zero-order valence-electron chi connectivity index (χ0n) is 5.46. The van der Waals surface area contributed by atoms with Crippen LogP contribution in [0.4, 0.5) is 0 Å². The summed E-state index contributed by atoms with van der Waals surface area (Å²) < 4.78 is 0. The second-order valence-electron chi connectivity index (χ2n) is 2.14. The summed E-state index contributed by atoms with van der Waals surface area (Å²) in [6.45, 7) is 4.38. The van der Waals surface area contributed by atoms with Gasteiger partial charge >= 0.3 is 0 Å². The van der Waals surface area contributed by atoms with Crippen molar-refractivity contribution >= 4 is 12.6 Å². The molecule has 0 heterocycles. The van der Waals surface area contributed by atoms with Crippen LogP contribution in [0.2, 0.25) is 0 Å². The highest BCUT2D eigenvalue weighted by molar-refractivity contribution is 7.81. The monoisotopic (exact) mass is 134 g/mol. The van der Waals surface area contributed by atoms with Crippen LogP contribution >= 0.6 is 12.6 Å². The molecule has 0 saturated heterocycles. The van der Waals surface area contributed by atoms with Crippen LogP contribution in [0.1, 0.15) is 20.3 Å². The molecule has 0 saturated carbocycles. The summed E-state index contributed by atoms with van der Waals surface area (Å²) in [5.41, 5.74) is 0. The molecule has 0 radical (unpaired) electrons. The molecule has 0 aliphatic heterocycles. The number of aliphatic hydroxyl groups excluding tert-OH is 1. The fourth-order valence-corrected chi connectivity index (χ4v) is 0.663. The zero-order valence-corrected chi connectivity index (χ0v) is 6.36. The summed E-state index contributed by atoms with van der Waals surface area (Å²) in [5.74, 6) is 0.531. The lowest BCUT2D eigenvalue weighted by molar-refractivity contribution is 0.269. The van der Waals surface area contributed by atoms with E-state index in [2.05, 4.69) is 26.5 Å². The van der Waals surface area contributed by atoms with Crippen molar-refractivity contribution in [2.75, 3.05) is 6.61 Å². The first-order valence-corrected chi connectivity index (χ1v) is 3.53. The van der Waals surface area contributed by atoms with Gasteiger partial charge in [-0.15, -0.1) is 0 Å². The lowest BCUT2D eigenvalue weighted by Crippen LogP contribution is -2.14. The Labute approximate surface area is 56.5 Å². The fraction of sp³-hybridized carbons (Fsp3) is 1.00. The van der Waals surface area contributed by atoms with Gasteiger partial charge in [0.2, 0.25) is 0 Å². The normalized spacial score (nSPS) is 18.0. The smallest absolute Gasteiger partial charge is 0.0550 e. The van der Waals surface area contributed by atoms with Crippen LogP contribution in [0.5, 0.6) is 0 Å². The average molecular weight is 134 g/mol. The van der Waals surface area contributed by atoms with E-state index in [4.69, 9.17) is 5.11 Å². The van der Waals surface area contributed by atoms with Gasteiger partial charge in [0, 0.05) is 5.25 Å². The van der Waals surface area contributed by atoms with Crippen molar-refractivity contribution in [1.82, 2.24) is 0 Å². The van der Waals surface area contributed by atoms with Crippen molar-refractivity contribution in [2.24, 2.45) is 5.92 Å². The van der Waals surface area contributed by atoms with Gasteiger partial charge in [-0.3, -0.25) is 0 Å². The molecule has 0 amide bonds. The number of hydrogen-bond acceptors (Lipinski definition) is 2. The van der Waals surface area contributed by atoms with E-state index < -0.39 is 0 Å². The van der Waals surface area contributed by atoms with E-state index in [-0.39, 0.29) is 11.9 Å². The maximum absolute atomic E-state index is 8.56. The Hall–Kier alpha value is 0.310. The van der Waals surface area contributed by atoms with E-state index in [0.29, 0.717) is 5.92 Å². The van der Waals surface area contributed by atoms with Gasteiger partial charge in [0.15, 0.2) is 0 Å². The second-order valence-corrected chi connectivity index (χ2v) is 2.80. The van der Waals surface area contributed by atoms with E-state index in [9.17, 15) is 0 Å². The van der Waals surface area contributed by atoms with Crippen LogP contribution < -0.4 is 0 Å². The van der Waals surface area contributed by atoms with E-state index in [1.807, 2.05) is 0 Å². The SMILES string of the molecule is CCC(C)C(S)CO. The Bertz CT molecular complexity index is 48.5. The minimum absolute atomic E-state index is 0.167. The van der Waals surface area contributed by atoms with Crippen molar-refractivity contribution in [2.45, 2.75) is 25.5 Å². The van der Waals surface area contributed by atoms with Crippen molar-refractivity contribution in [3.8, 4) is 0 Å². The number of hydrogen-bond donors (Lipinski definition) is 2. The highest BCUT2D eigenvalue weighted by Crippen LogP contribution is 2.11. The maximum Gasteiger partial charge on any atom is 0.0550 e. The number of rotatable bonds is 3. The third kappa shape index (κ3) is 2.58. The lowest BCUT2D eigenvalue weighted by atomic mass is 10.1. The van der Waals surface area contributed by atoms with Crippen LogP contribution in [-0.4, -0.2) is 17.0 Å². The molecule has 0 aromatic heterocycles. The van der Waals surface area contributed by atoms with E-state index >= 15 is 0 Å². The van der Waals surface area contributed by atoms with Crippen molar-refractivity contribution < 1.29 is 5.11 Å². The van der Waals surface area contributed by atoms with Crippen LogP contribution in [-0.2, 0) is 0 Å². The third-order valence-electron chi connectivity index (χ3n) is 1.49. The molecule has 1 N–H and O–H groups in total. The molecule has 1 nitrogen and oxygen atoms in total. The van der Waals surface area contributed by atoms with E-state index in [1.165, 1.54) is 0 Å². The van der Waals surface area contributed by atoms with Gasteiger partial charge in [-0.1, -0.05) is 20.3 Å². The van der Waals surface area contributed by atoms with Gasteiger partial charge in [-0.05, 0) is 5.92 Å². The van der Waals surface area contributed by atoms with Crippen LogP contribution in [0, 0.1) is 5.92 Å². The summed E-state index contributed by atoms with van der Waals surface area (Å²) in [6.07, 6.45) is 1.09. The van der Waals surface area contributed by atoms with E-state index in [1.54, 1.807) is 0 Å². The van der Waals surface area contributed by atoms with Gasteiger partial charge < -0.3 is 5.11 Å². The summed E-state index contributed by atoms with van der Waals surface area (Å²) in [5, 5.41) is 8.73. The Kier molecular flexibility index (Phi) is 4.38. The molecule has 2 heteroatoms. The number of thiol groups is 1. The highest BCUT2D eigenvalue weighted by Gasteiger charge is 2.07. The Morgan fingerprint density at radius 1 is 1.62 bits per heavy atom. The first kappa shape index (κ1) is 8.31. The van der Waals surface area contributed by atoms with Crippen molar-refractivity contribution in [3.05, 3.63) is 0 Å². The molecule has 2 atom stereocenters. The molecule has 0 rings (SSSR count). The fourth-order valence-electron chi connectivity index (χ4n) is 0.452. The van der Waals surface area contributed by atoms with Gasteiger partial charge in [0.25, 0.3) is 0 Å². The van der Waals surface area contributed by atoms with Crippen LogP contribution in [0.15, 0.2) is 0 Å². The van der Waals surface area contributed by atoms with E-state index in [0.717, 1.165) is 6.42 Å². The molecular weight excluding hydrogens is 120 g/mol. The quantitative estimate of drug-likeness (QED) is 0.558. The van der Waals surface area contributed by atoms with Crippen LogP contribution in [0.25, 0.3) is 0 Å². The van der Waals surface area contributed by atoms with Crippen LogP contribution in [0.3, 0.4) is 0 Å². The minimum Gasteiger partial charge on any atom is -0.395 e. The third-order valence-corrected chi connectivity index (χ3v) is 2.16. The van der Waals surface area contributed by atoms with Gasteiger partial charge in [-0.2, -0.15) is 12.6 Å². The number of aliphatic hydroxyl groups is 1. The van der Waals surface area contributed by atoms with Crippen molar-refractivity contribution in [1.29, 1.82) is 0 Å². The lowest BCUT2D eigenvalue weighted by Gasteiger charge is -2.13. The van der Waals surface area contributed by atoms with Gasteiger partial charge in [0.05, 0.1) is 6.61 Å². The molecule has 0 bridgehead atoms. The minimum atomic E-state index is 0.167.